The van der Waals surface area contributed by atoms with Crippen molar-refractivity contribution in [3.63, 3.8) is 0 Å². The van der Waals surface area contributed by atoms with E-state index in [2.05, 4.69) is 4.98 Å². The zero-order valence-corrected chi connectivity index (χ0v) is 22.6. The van der Waals surface area contributed by atoms with Gasteiger partial charge in [0.15, 0.2) is 5.82 Å². The fraction of sp³-hybridized carbons (Fsp3) is 0.480. The number of nitrogens with zero attached hydrogens (tertiary/aromatic N) is 3. The monoisotopic (exact) mass is 553 g/mol. The minimum atomic E-state index is -4.17. The van der Waals surface area contributed by atoms with E-state index in [1.165, 1.54) is 17.0 Å². The molecule has 1 aromatic heterocycles. The van der Waals surface area contributed by atoms with Gasteiger partial charge in [0, 0.05) is 12.0 Å². The first-order valence-corrected chi connectivity index (χ1v) is 13.9. The van der Waals surface area contributed by atoms with Crippen molar-refractivity contribution in [2.24, 2.45) is 0 Å². The number of carbonyl (C=O) groups excluding carboxylic acids is 2. The summed E-state index contributed by atoms with van der Waals surface area (Å²) in [5, 5.41) is -0.744. The maximum atomic E-state index is 13.6. The first-order valence-electron chi connectivity index (χ1n) is 11.9. The highest BCUT2D eigenvalue weighted by Gasteiger charge is 2.46. The first-order chi connectivity index (χ1) is 17.3. The third-order valence-corrected chi connectivity index (χ3v) is 8.20. The Morgan fingerprint density at radius 2 is 1.89 bits per heavy atom. The lowest BCUT2D eigenvalue weighted by molar-refractivity contribution is -0.117. The highest BCUT2D eigenvalue weighted by molar-refractivity contribution is 7.94. The molecule has 2 aromatic rings. The second-order valence-corrected chi connectivity index (χ2v) is 12.5. The van der Waals surface area contributed by atoms with Crippen LogP contribution in [0.3, 0.4) is 0 Å². The lowest BCUT2D eigenvalue weighted by Crippen LogP contribution is -2.47. The summed E-state index contributed by atoms with van der Waals surface area (Å²) in [4.78, 5) is 31.9. The van der Waals surface area contributed by atoms with E-state index in [4.69, 9.17) is 21.1 Å². The molecule has 1 aliphatic carbocycles. The third kappa shape index (κ3) is 5.82. The van der Waals surface area contributed by atoms with E-state index in [1.807, 2.05) is 0 Å². The number of sulfonamides is 1. The van der Waals surface area contributed by atoms with Gasteiger partial charge < -0.3 is 14.4 Å². The molecule has 37 heavy (non-hydrogen) atoms. The van der Waals surface area contributed by atoms with Gasteiger partial charge in [-0.1, -0.05) is 12.1 Å². The van der Waals surface area contributed by atoms with Crippen LogP contribution in [0, 0.1) is 5.82 Å². The van der Waals surface area contributed by atoms with Crippen molar-refractivity contribution in [3.05, 3.63) is 47.3 Å². The number of anilines is 2. The Balaban J connectivity index is 1.92. The summed E-state index contributed by atoms with van der Waals surface area (Å²) in [5.41, 5.74) is 0.274. The number of carbonyl (C=O) groups is 2. The maximum Gasteiger partial charge on any atom is 0.430 e. The molecule has 2 aliphatic rings. The van der Waals surface area contributed by atoms with Gasteiger partial charge in [0.2, 0.25) is 21.8 Å². The number of pyridine rings is 1. The van der Waals surface area contributed by atoms with Gasteiger partial charge in [-0.3, -0.25) is 4.79 Å². The Kier molecular flexibility index (Phi) is 7.40. The normalized spacial score (nSPS) is 17.6. The van der Waals surface area contributed by atoms with Crippen LogP contribution in [0.25, 0.3) is 0 Å². The summed E-state index contributed by atoms with van der Waals surface area (Å²) < 4.78 is 52.4. The van der Waals surface area contributed by atoms with Crippen LogP contribution in [0.4, 0.5) is 20.7 Å². The lowest BCUT2D eigenvalue weighted by Gasteiger charge is -2.35. The van der Waals surface area contributed by atoms with Crippen LogP contribution in [-0.4, -0.2) is 54.8 Å². The molecule has 0 bridgehead atoms. The summed E-state index contributed by atoms with van der Waals surface area (Å²) in [7, 11) is -4.17. The van der Waals surface area contributed by atoms with Crippen LogP contribution in [0.15, 0.2) is 30.3 Å². The quantitative estimate of drug-likeness (QED) is 0.488. The summed E-state index contributed by atoms with van der Waals surface area (Å²) >= 11 is 5.85. The van der Waals surface area contributed by atoms with Gasteiger partial charge in [-0.2, -0.15) is 9.29 Å². The van der Waals surface area contributed by atoms with E-state index in [0.717, 1.165) is 0 Å². The van der Waals surface area contributed by atoms with E-state index in [0.29, 0.717) is 34.0 Å². The SMILES string of the molecule is C[C@H]1COc2nc(N(C(=O)OC(C)(C)C)S(=O)(=O)C3CC3)c(Cc3ccc(F)cc3)cc2N1C(=O)CCl. The largest absolute Gasteiger partial charge is 0.474 e. The molecule has 12 heteroatoms. The summed E-state index contributed by atoms with van der Waals surface area (Å²) in [6.07, 6.45) is -0.185. The van der Waals surface area contributed by atoms with Gasteiger partial charge in [0.25, 0.3) is 0 Å². The Bertz CT molecular complexity index is 1310. The fourth-order valence-electron chi connectivity index (χ4n) is 4.01. The zero-order valence-electron chi connectivity index (χ0n) is 21.0. The number of rotatable bonds is 6. The van der Waals surface area contributed by atoms with Crippen LogP contribution < -0.4 is 13.9 Å². The molecular weight excluding hydrogens is 525 g/mol. The minimum Gasteiger partial charge on any atom is -0.474 e. The number of aromatic nitrogens is 1. The standard InChI is InChI=1S/C25H29ClFN3O6S/c1-15-14-35-23-20(29(15)21(31)13-26)12-17(11-16-5-7-18(27)8-6-16)22(28-23)30(24(32)36-25(2,3)4)37(33,34)19-9-10-19/h5-8,12,15,19H,9-11,13-14H2,1-4H3/t15-/m0/s1. The highest BCUT2D eigenvalue weighted by Crippen LogP contribution is 2.41. The smallest absolute Gasteiger partial charge is 0.430 e. The number of amides is 2. The van der Waals surface area contributed by atoms with Crippen LogP contribution in [0.5, 0.6) is 5.88 Å². The molecule has 0 saturated heterocycles. The molecule has 2 heterocycles. The van der Waals surface area contributed by atoms with Crippen LogP contribution in [0.2, 0.25) is 0 Å². The molecule has 0 unspecified atom stereocenters. The Labute approximate surface area is 220 Å². The molecule has 1 saturated carbocycles. The second-order valence-electron chi connectivity index (χ2n) is 10.1. The van der Waals surface area contributed by atoms with E-state index < -0.39 is 32.8 Å². The molecule has 0 radical (unpaired) electrons. The molecule has 2 amide bonds. The summed E-state index contributed by atoms with van der Waals surface area (Å²) in [6.45, 7) is 6.78. The van der Waals surface area contributed by atoms with Gasteiger partial charge in [-0.25, -0.2) is 17.6 Å². The predicted octanol–water partition coefficient (Wildman–Crippen LogP) is 4.40. The van der Waals surface area contributed by atoms with Crippen molar-refractivity contribution >= 4 is 45.1 Å². The van der Waals surface area contributed by atoms with Crippen molar-refractivity contribution in [2.75, 3.05) is 21.7 Å². The van der Waals surface area contributed by atoms with E-state index in [1.54, 1.807) is 45.9 Å². The molecule has 1 aromatic carbocycles. The number of halogens is 2. The average Bonchev–Trinajstić information content (AvgIpc) is 3.65. The van der Waals surface area contributed by atoms with E-state index in [-0.39, 0.29) is 42.6 Å². The van der Waals surface area contributed by atoms with Crippen LogP contribution in [-0.2, 0) is 26.0 Å². The third-order valence-electron chi connectivity index (χ3n) is 5.83. The molecule has 1 aliphatic heterocycles. The van der Waals surface area contributed by atoms with Crippen molar-refractivity contribution in [1.29, 1.82) is 0 Å². The molecule has 9 nitrogen and oxygen atoms in total. The van der Waals surface area contributed by atoms with Gasteiger partial charge in [0.05, 0.1) is 11.3 Å². The first kappa shape index (κ1) is 27.1. The van der Waals surface area contributed by atoms with Gasteiger partial charge >= 0.3 is 6.09 Å². The molecule has 0 spiro atoms. The van der Waals surface area contributed by atoms with E-state index in [9.17, 15) is 22.4 Å². The maximum absolute atomic E-state index is 13.6. The minimum absolute atomic E-state index is 0.00558. The fourth-order valence-corrected chi connectivity index (χ4v) is 5.81. The van der Waals surface area contributed by atoms with Gasteiger partial charge in [-0.15, -0.1) is 11.6 Å². The Morgan fingerprint density at radius 1 is 1.24 bits per heavy atom. The van der Waals surface area contributed by atoms with Crippen molar-refractivity contribution in [2.45, 2.75) is 63.9 Å². The molecule has 200 valence electrons. The number of fused-ring (bicyclic) bond motifs is 1. The number of benzene rings is 1. The second kappa shape index (κ2) is 10.1. The lowest BCUT2D eigenvalue weighted by atomic mass is 10.0. The van der Waals surface area contributed by atoms with Gasteiger partial charge in [-0.05, 0) is 64.3 Å². The summed E-state index contributed by atoms with van der Waals surface area (Å²) in [5.74, 6) is -1.28. The molecule has 4 rings (SSSR count). The predicted molar refractivity (Wildman–Crippen MR) is 137 cm³/mol. The highest BCUT2D eigenvalue weighted by atomic mass is 35.5. The van der Waals surface area contributed by atoms with Crippen LogP contribution >= 0.6 is 11.6 Å². The number of hydrogen-bond acceptors (Lipinski definition) is 7. The Hall–Kier alpha value is -2.92. The molecule has 1 atom stereocenters. The van der Waals surface area contributed by atoms with Crippen molar-refractivity contribution in [3.8, 4) is 5.88 Å². The number of hydrogen-bond donors (Lipinski definition) is 0. The Morgan fingerprint density at radius 3 is 2.46 bits per heavy atom. The zero-order chi connectivity index (χ0) is 27.1. The average molecular weight is 554 g/mol. The van der Waals surface area contributed by atoms with Crippen molar-refractivity contribution < 1.29 is 31.9 Å². The molecular formula is C25H29ClFN3O6S. The summed E-state index contributed by atoms with van der Waals surface area (Å²) in [6, 6.07) is 6.87. The van der Waals surface area contributed by atoms with Gasteiger partial charge in [0.1, 0.15) is 29.6 Å². The molecule has 1 fully saturated rings. The van der Waals surface area contributed by atoms with Crippen molar-refractivity contribution in [1.82, 2.24) is 4.98 Å². The number of alkyl halides is 1. The van der Waals surface area contributed by atoms with Crippen LogP contribution in [0.1, 0.15) is 51.7 Å². The number of ether oxygens (including phenoxy) is 2. The molecule has 0 N–H and O–H groups in total. The topological polar surface area (TPSA) is 106 Å². The van der Waals surface area contributed by atoms with E-state index >= 15 is 0 Å².